The standard InChI is InChI=1S/C20H22ClN5OS/c1-26(2)12-6-11-22-20(27)18-19(24-17-10-4-3-9-16(17)23-18)25-28-15-8-5-7-14(21)13-15/h3-5,7-10,13H,6,11-12H2,1-2H3,(H,22,27)(H,24,25). The van der Waals surface area contributed by atoms with Crippen LogP contribution >= 0.6 is 23.5 Å². The number of rotatable bonds is 8. The van der Waals surface area contributed by atoms with Crippen molar-refractivity contribution in [2.75, 3.05) is 31.9 Å². The summed E-state index contributed by atoms with van der Waals surface area (Å²) in [4.78, 5) is 24.8. The number of hydrogen-bond acceptors (Lipinski definition) is 6. The van der Waals surface area contributed by atoms with Crippen LogP contribution in [0.1, 0.15) is 16.9 Å². The van der Waals surface area contributed by atoms with Crippen LogP contribution in [0.2, 0.25) is 5.02 Å². The topological polar surface area (TPSA) is 70.2 Å². The molecule has 0 unspecified atom stereocenters. The first kappa shape index (κ1) is 20.4. The number of amides is 1. The quantitative estimate of drug-likeness (QED) is 0.426. The molecular formula is C20H22ClN5OS. The number of para-hydroxylation sites is 2. The van der Waals surface area contributed by atoms with Crippen LogP contribution in [0.15, 0.2) is 53.4 Å². The lowest BCUT2D eigenvalue weighted by Gasteiger charge is -2.13. The zero-order valence-electron chi connectivity index (χ0n) is 15.8. The van der Waals surface area contributed by atoms with Crippen molar-refractivity contribution in [1.82, 2.24) is 20.2 Å². The Labute approximate surface area is 173 Å². The van der Waals surface area contributed by atoms with Crippen molar-refractivity contribution in [2.24, 2.45) is 0 Å². The van der Waals surface area contributed by atoms with Crippen LogP contribution in [-0.4, -0.2) is 48.0 Å². The Morgan fingerprint density at radius 3 is 2.57 bits per heavy atom. The van der Waals surface area contributed by atoms with Gasteiger partial charge in [0.15, 0.2) is 11.5 Å². The minimum absolute atomic E-state index is 0.244. The van der Waals surface area contributed by atoms with Gasteiger partial charge in [-0.05, 0) is 69.3 Å². The molecule has 28 heavy (non-hydrogen) atoms. The van der Waals surface area contributed by atoms with Gasteiger partial charge in [-0.2, -0.15) is 0 Å². The predicted octanol–water partition coefficient (Wildman–Crippen LogP) is 4.08. The molecular weight excluding hydrogens is 394 g/mol. The number of benzene rings is 2. The number of fused-ring (bicyclic) bond motifs is 1. The van der Waals surface area contributed by atoms with Crippen LogP contribution < -0.4 is 10.0 Å². The molecule has 2 N–H and O–H groups in total. The molecule has 0 spiro atoms. The molecule has 1 aromatic heterocycles. The number of anilines is 1. The first-order valence-corrected chi connectivity index (χ1v) is 10.1. The van der Waals surface area contributed by atoms with Crippen molar-refractivity contribution >= 4 is 46.3 Å². The van der Waals surface area contributed by atoms with E-state index >= 15 is 0 Å². The average Bonchev–Trinajstić information content (AvgIpc) is 2.68. The van der Waals surface area contributed by atoms with E-state index in [0.717, 1.165) is 23.4 Å². The van der Waals surface area contributed by atoms with E-state index in [0.29, 0.717) is 22.9 Å². The van der Waals surface area contributed by atoms with Crippen molar-refractivity contribution in [3.63, 3.8) is 0 Å². The first-order chi connectivity index (χ1) is 13.5. The fraction of sp³-hybridized carbons (Fsp3) is 0.250. The van der Waals surface area contributed by atoms with Gasteiger partial charge in [0.1, 0.15) is 0 Å². The van der Waals surface area contributed by atoms with E-state index < -0.39 is 0 Å². The minimum Gasteiger partial charge on any atom is -0.351 e. The van der Waals surface area contributed by atoms with E-state index in [1.165, 1.54) is 11.9 Å². The van der Waals surface area contributed by atoms with Gasteiger partial charge in [0.25, 0.3) is 5.91 Å². The summed E-state index contributed by atoms with van der Waals surface area (Å²) >= 11 is 7.38. The van der Waals surface area contributed by atoms with Gasteiger partial charge >= 0.3 is 0 Å². The predicted molar refractivity (Wildman–Crippen MR) is 116 cm³/mol. The van der Waals surface area contributed by atoms with Crippen molar-refractivity contribution in [3.8, 4) is 0 Å². The van der Waals surface area contributed by atoms with E-state index in [9.17, 15) is 4.79 Å². The van der Waals surface area contributed by atoms with E-state index in [1.54, 1.807) is 0 Å². The average molecular weight is 416 g/mol. The maximum absolute atomic E-state index is 12.7. The Kier molecular flexibility index (Phi) is 7.08. The number of halogens is 1. The van der Waals surface area contributed by atoms with Crippen LogP contribution in [0.4, 0.5) is 5.82 Å². The number of aromatic nitrogens is 2. The molecule has 0 saturated heterocycles. The van der Waals surface area contributed by atoms with Gasteiger partial charge in [-0.25, -0.2) is 9.97 Å². The maximum Gasteiger partial charge on any atom is 0.273 e. The summed E-state index contributed by atoms with van der Waals surface area (Å²) in [6.07, 6.45) is 0.861. The second-order valence-electron chi connectivity index (χ2n) is 6.48. The van der Waals surface area contributed by atoms with Crippen LogP contribution in [0.3, 0.4) is 0 Å². The third-order valence-corrected chi connectivity index (χ3v) is 4.94. The molecule has 0 aliphatic rings. The molecule has 1 amide bonds. The first-order valence-electron chi connectivity index (χ1n) is 8.91. The molecule has 8 heteroatoms. The van der Waals surface area contributed by atoms with E-state index in [4.69, 9.17) is 11.6 Å². The highest BCUT2D eigenvalue weighted by Crippen LogP contribution is 2.25. The maximum atomic E-state index is 12.7. The fourth-order valence-corrected chi connectivity index (χ4v) is 3.49. The van der Waals surface area contributed by atoms with E-state index in [2.05, 4.69) is 24.9 Å². The molecule has 0 aliphatic carbocycles. The Morgan fingerprint density at radius 2 is 1.86 bits per heavy atom. The van der Waals surface area contributed by atoms with Gasteiger partial charge < -0.3 is 14.9 Å². The molecule has 6 nitrogen and oxygen atoms in total. The number of carbonyl (C=O) groups excluding carboxylic acids is 1. The zero-order chi connectivity index (χ0) is 19.9. The lowest BCUT2D eigenvalue weighted by atomic mass is 10.2. The molecule has 146 valence electrons. The Hall–Kier alpha value is -2.35. The third-order valence-electron chi connectivity index (χ3n) is 3.91. The van der Waals surface area contributed by atoms with Gasteiger partial charge in [0, 0.05) is 16.5 Å². The summed E-state index contributed by atoms with van der Waals surface area (Å²) in [5.74, 6) is 0.181. The molecule has 0 fully saturated rings. The van der Waals surface area contributed by atoms with Crippen molar-refractivity contribution in [3.05, 3.63) is 59.2 Å². The molecule has 0 saturated carbocycles. The Balaban J connectivity index is 1.80. The lowest BCUT2D eigenvalue weighted by Crippen LogP contribution is -2.28. The van der Waals surface area contributed by atoms with Gasteiger partial charge in [-0.1, -0.05) is 29.8 Å². The summed E-state index contributed by atoms with van der Waals surface area (Å²) in [7, 11) is 4.01. The molecule has 2 aromatic carbocycles. The van der Waals surface area contributed by atoms with Gasteiger partial charge in [-0.3, -0.25) is 4.79 Å². The summed E-state index contributed by atoms with van der Waals surface area (Å²) in [5.41, 5.74) is 1.68. The molecule has 1 heterocycles. The number of nitrogens with zero attached hydrogens (tertiary/aromatic N) is 3. The summed E-state index contributed by atoms with van der Waals surface area (Å²) in [6, 6.07) is 14.9. The molecule has 0 radical (unpaired) electrons. The number of carbonyl (C=O) groups is 1. The molecule has 0 aliphatic heterocycles. The molecule has 0 atom stereocenters. The molecule has 0 bridgehead atoms. The van der Waals surface area contributed by atoms with Crippen molar-refractivity contribution in [1.29, 1.82) is 0 Å². The third kappa shape index (κ3) is 5.58. The second-order valence-corrected chi connectivity index (χ2v) is 7.80. The van der Waals surface area contributed by atoms with Crippen molar-refractivity contribution in [2.45, 2.75) is 11.3 Å². The number of nitrogens with one attached hydrogen (secondary N) is 2. The Bertz CT molecular complexity index is 966. The Morgan fingerprint density at radius 1 is 1.11 bits per heavy atom. The van der Waals surface area contributed by atoms with Crippen LogP contribution in [0.5, 0.6) is 0 Å². The van der Waals surface area contributed by atoms with Gasteiger partial charge in [-0.15, -0.1) is 0 Å². The highest BCUT2D eigenvalue weighted by atomic mass is 35.5. The largest absolute Gasteiger partial charge is 0.351 e. The van der Waals surface area contributed by atoms with Crippen LogP contribution in [0, 0.1) is 0 Å². The van der Waals surface area contributed by atoms with Gasteiger partial charge in [0.2, 0.25) is 0 Å². The summed E-state index contributed by atoms with van der Waals surface area (Å²) in [5, 5.41) is 3.58. The highest BCUT2D eigenvalue weighted by molar-refractivity contribution is 8.00. The van der Waals surface area contributed by atoms with Gasteiger partial charge in [0.05, 0.1) is 11.0 Å². The molecule has 3 rings (SSSR count). The zero-order valence-corrected chi connectivity index (χ0v) is 17.3. The van der Waals surface area contributed by atoms with Crippen LogP contribution in [-0.2, 0) is 0 Å². The SMILES string of the molecule is CN(C)CCCNC(=O)c1nc2ccccc2nc1NSc1cccc(Cl)c1. The number of hydrogen-bond donors (Lipinski definition) is 2. The molecule has 3 aromatic rings. The van der Waals surface area contributed by atoms with Crippen LogP contribution in [0.25, 0.3) is 11.0 Å². The van der Waals surface area contributed by atoms with Crippen molar-refractivity contribution < 1.29 is 4.79 Å². The minimum atomic E-state index is -0.244. The second kappa shape index (κ2) is 9.73. The lowest BCUT2D eigenvalue weighted by molar-refractivity contribution is 0.0948. The highest BCUT2D eigenvalue weighted by Gasteiger charge is 2.16. The van der Waals surface area contributed by atoms with E-state index in [1.807, 2.05) is 62.6 Å². The van der Waals surface area contributed by atoms with E-state index in [-0.39, 0.29) is 11.6 Å². The monoisotopic (exact) mass is 415 g/mol. The summed E-state index contributed by atoms with van der Waals surface area (Å²) < 4.78 is 3.15. The normalized spacial score (nSPS) is 11.0. The smallest absolute Gasteiger partial charge is 0.273 e. The summed E-state index contributed by atoms with van der Waals surface area (Å²) in [6.45, 7) is 1.48. The fourth-order valence-electron chi connectivity index (χ4n) is 2.55.